The molecule has 1 fully saturated rings. The summed E-state index contributed by atoms with van der Waals surface area (Å²) in [5, 5.41) is 2.57. The lowest BCUT2D eigenvalue weighted by Gasteiger charge is -2.26. The number of benzene rings is 1. The Morgan fingerprint density at radius 3 is 2.65 bits per heavy atom. The van der Waals surface area contributed by atoms with Gasteiger partial charge < -0.3 is 10.1 Å². The molecule has 1 saturated heterocycles. The molecule has 0 saturated carbocycles. The molecule has 23 heavy (non-hydrogen) atoms. The molecule has 1 aliphatic rings. The van der Waals surface area contributed by atoms with E-state index in [2.05, 4.69) is 5.32 Å². The van der Waals surface area contributed by atoms with Gasteiger partial charge in [-0.2, -0.15) is 4.31 Å². The number of halogens is 1. The SMILES string of the molecule is O=C(CCc1ccccc1F)NCCS(=O)(=O)N1CCOCC1. The molecule has 1 heterocycles. The van der Waals surface area contributed by atoms with Crippen LogP contribution in [-0.2, 0) is 26.0 Å². The Balaban J connectivity index is 1.71. The average Bonchev–Trinajstić information content (AvgIpc) is 2.55. The summed E-state index contributed by atoms with van der Waals surface area (Å²) in [4.78, 5) is 11.7. The van der Waals surface area contributed by atoms with E-state index in [-0.39, 0.29) is 36.9 Å². The largest absolute Gasteiger partial charge is 0.379 e. The van der Waals surface area contributed by atoms with E-state index in [0.29, 0.717) is 31.9 Å². The molecule has 1 aromatic rings. The number of ether oxygens (including phenoxy) is 1. The van der Waals surface area contributed by atoms with Crippen molar-refractivity contribution in [2.24, 2.45) is 0 Å². The van der Waals surface area contributed by atoms with Crippen LogP contribution < -0.4 is 5.32 Å². The van der Waals surface area contributed by atoms with E-state index in [9.17, 15) is 17.6 Å². The van der Waals surface area contributed by atoms with Crippen LogP contribution in [0.4, 0.5) is 4.39 Å². The monoisotopic (exact) mass is 344 g/mol. The van der Waals surface area contributed by atoms with E-state index >= 15 is 0 Å². The van der Waals surface area contributed by atoms with E-state index in [0.717, 1.165) is 0 Å². The summed E-state index contributed by atoms with van der Waals surface area (Å²) in [6.45, 7) is 1.55. The second-order valence-electron chi connectivity index (χ2n) is 5.27. The predicted molar refractivity (Wildman–Crippen MR) is 83.9 cm³/mol. The third-order valence-corrected chi connectivity index (χ3v) is 5.50. The van der Waals surface area contributed by atoms with Gasteiger partial charge in [0.1, 0.15) is 5.82 Å². The molecule has 0 aromatic heterocycles. The Morgan fingerprint density at radius 2 is 1.96 bits per heavy atom. The van der Waals surface area contributed by atoms with Crippen molar-refractivity contribution in [3.05, 3.63) is 35.6 Å². The zero-order valence-corrected chi connectivity index (χ0v) is 13.6. The molecule has 1 aliphatic heterocycles. The Morgan fingerprint density at radius 1 is 1.26 bits per heavy atom. The van der Waals surface area contributed by atoms with Crippen molar-refractivity contribution < 1.29 is 22.3 Å². The van der Waals surface area contributed by atoms with E-state index < -0.39 is 10.0 Å². The Hall–Kier alpha value is -1.51. The fourth-order valence-electron chi connectivity index (χ4n) is 2.31. The fourth-order valence-corrected chi connectivity index (χ4v) is 3.63. The van der Waals surface area contributed by atoms with E-state index in [4.69, 9.17) is 4.74 Å². The van der Waals surface area contributed by atoms with Crippen LogP contribution in [0.5, 0.6) is 0 Å². The molecule has 0 unspecified atom stereocenters. The Labute approximate surface area is 135 Å². The number of sulfonamides is 1. The van der Waals surface area contributed by atoms with Crippen molar-refractivity contribution in [2.75, 3.05) is 38.6 Å². The van der Waals surface area contributed by atoms with Crippen molar-refractivity contribution in [1.82, 2.24) is 9.62 Å². The smallest absolute Gasteiger partial charge is 0.220 e. The quantitative estimate of drug-likeness (QED) is 0.783. The van der Waals surface area contributed by atoms with Crippen molar-refractivity contribution in [2.45, 2.75) is 12.8 Å². The van der Waals surface area contributed by atoms with Crippen molar-refractivity contribution in [3.63, 3.8) is 0 Å². The number of carbonyl (C=O) groups is 1. The van der Waals surface area contributed by atoms with Crippen LogP contribution in [0.15, 0.2) is 24.3 Å². The molecule has 1 N–H and O–H groups in total. The maximum absolute atomic E-state index is 13.4. The highest BCUT2D eigenvalue weighted by Gasteiger charge is 2.23. The third kappa shape index (κ3) is 5.56. The van der Waals surface area contributed by atoms with Gasteiger partial charge in [-0.1, -0.05) is 18.2 Å². The van der Waals surface area contributed by atoms with Crippen LogP contribution in [0.3, 0.4) is 0 Å². The molecule has 128 valence electrons. The molecule has 1 amide bonds. The third-order valence-electron chi connectivity index (χ3n) is 3.62. The van der Waals surface area contributed by atoms with Crippen LogP contribution >= 0.6 is 0 Å². The number of aryl methyl sites for hydroxylation is 1. The first kappa shape index (κ1) is 17.8. The van der Waals surface area contributed by atoms with Crippen molar-refractivity contribution in [3.8, 4) is 0 Å². The van der Waals surface area contributed by atoms with Gasteiger partial charge in [-0.3, -0.25) is 4.79 Å². The number of morpholine rings is 1. The highest BCUT2D eigenvalue weighted by molar-refractivity contribution is 7.89. The van der Waals surface area contributed by atoms with Crippen LogP contribution in [0, 0.1) is 5.82 Å². The number of amides is 1. The number of nitrogens with zero attached hydrogens (tertiary/aromatic N) is 1. The predicted octanol–water partition coefficient (Wildman–Crippen LogP) is 0.537. The minimum atomic E-state index is -3.37. The lowest BCUT2D eigenvalue weighted by atomic mass is 10.1. The van der Waals surface area contributed by atoms with Gasteiger partial charge in [-0.05, 0) is 18.1 Å². The summed E-state index contributed by atoms with van der Waals surface area (Å²) in [5.41, 5.74) is 0.476. The lowest BCUT2D eigenvalue weighted by molar-refractivity contribution is -0.120. The van der Waals surface area contributed by atoms with E-state index in [1.54, 1.807) is 18.2 Å². The molecule has 1 aromatic carbocycles. The summed E-state index contributed by atoms with van der Waals surface area (Å²) in [5.74, 6) is -0.765. The van der Waals surface area contributed by atoms with Crippen LogP contribution in [0.1, 0.15) is 12.0 Å². The number of hydrogen-bond acceptors (Lipinski definition) is 4. The van der Waals surface area contributed by atoms with Gasteiger partial charge in [0.2, 0.25) is 15.9 Å². The summed E-state index contributed by atoms with van der Waals surface area (Å²) in [7, 11) is -3.37. The molecule has 8 heteroatoms. The van der Waals surface area contributed by atoms with Crippen LogP contribution in [0.25, 0.3) is 0 Å². The van der Waals surface area contributed by atoms with Gasteiger partial charge in [0, 0.05) is 26.1 Å². The maximum Gasteiger partial charge on any atom is 0.220 e. The Bertz CT molecular complexity index is 630. The van der Waals surface area contributed by atoms with E-state index in [1.807, 2.05) is 0 Å². The number of rotatable bonds is 7. The van der Waals surface area contributed by atoms with Crippen molar-refractivity contribution >= 4 is 15.9 Å². The zero-order valence-electron chi connectivity index (χ0n) is 12.8. The van der Waals surface area contributed by atoms with Gasteiger partial charge in [0.25, 0.3) is 0 Å². The fraction of sp³-hybridized carbons (Fsp3) is 0.533. The normalized spacial score (nSPS) is 16.2. The van der Waals surface area contributed by atoms with Gasteiger partial charge in [-0.25, -0.2) is 12.8 Å². The highest BCUT2D eigenvalue weighted by Crippen LogP contribution is 2.09. The topological polar surface area (TPSA) is 75.7 Å². The molecule has 6 nitrogen and oxygen atoms in total. The molecule has 0 aliphatic carbocycles. The molecular formula is C15H21FN2O4S. The first-order valence-electron chi connectivity index (χ1n) is 7.55. The number of nitrogens with one attached hydrogen (secondary N) is 1. The minimum absolute atomic E-state index is 0.0514. The summed E-state index contributed by atoms with van der Waals surface area (Å²) >= 11 is 0. The van der Waals surface area contributed by atoms with Crippen molar-refractivity contribution in [1.29, 1.82) is 0 Å². The molecular weight excluding hydrogens is 323 g/mol. The second kappa shape index (κ2) is 8.37. The van der Waals surface area contributed by atoms with E-state index in [1.165, 1.54) is 10.4 Å². The maximum atomic E-state index is 13.4. The lowest BCUT2D eigenvalue weighted by Crippen LogP contribution is -2.43. The minimum Gasteiger partial charge on any atom is -0.379 e. The van der Waals surface area contributed by atoms with Gasteiger partial charge in [-0.15, -0.1) is 0 Å². The molecule has 0 radical (unpaired) electrons. The molecule has 0 atom stereocenters. The first-order valence-corrected chi connectivity index (χ1v) is 9.15. The zero-order chi connectivity index (χ0) is 16.7. The number of carbonyl (C=O) groups excluding carboxylic acids is 1. The molecule has 0 bridgehead atoms. The summed E-state index contributed by atoms with van der Waals surface area (Å²) in [6.07, 6.45) is 0.410. The molecule has 0 spiro atoms. The van der Waals surface area contributed by atoms with Gasteiger partial charge in [0.15, 0.2) is 0 Å². The molecule has 2 rings (SSSR count). The summed E-state index contributed by atoms with van der Waals surface area (Å²) in [6, 6.07) is 6.29. The summed E-state index contributed by atoms with van der Waals surface area (Å²) < 4.78 is 44.0. The second-order valence-corrected chi connectivity index (χ2v) is 7.36. The highest BCUT2D eigenvalue weighted by atomic mass is 32.2. The number of hydrogen-bond donors (Lipinski definition) is 1. The Kier molecular flexibility index (Phi) is 6.49. The van der Waals surface area contributed by atoms with Crippen LogP contribution in [0.2, 0.25) is 0 Å². The average molecular weight is 344 g/mol. The standard InChI is InChI=1S/C15H21FN2O4S/c16-14-4-2-1-3-13(14)5-6-15(19)17-7-12-23(20,21)18-8-10-22-11-9-18/h1-4H,5-12H2,(H,17,19). The van der Waals surface area contributed by atoms with Crippen LogP contribution in [-0.4, -0.2) is 57.2 Å². The van der Waals surface area contributed by atoms with Gasteiger partial charge in [0.05, 0.1) is 19.0 Å². The van der Waals surface area contributed by atoms with Gasteiger partial charge >= 0.3 is 0 Å². The first-order chi connectivity index (χ1) is 11.0.